The molecular weight excluding hydrogens is 396 g/mol. The maximum Gasteiger partial charge on any atom is 0.255 e. The molecule has 2 aliphatic rings. The zero-order valence-electron chi connectivity index (χ0n) is 21.0. The summed E-state index contributed by atoms with van der Waals surface area (Å²) < 4.78 is 0. The molecule has 0 radical (unpaired) electrons. The van der Waals surface area contributed by atoms with E-state index in [1.54, 1.807) is 0 Å². The molecule has 0 saturated heterocycles. The van der Waals surface area contributed by atoms with Crippen molar-refractivity contribution in [2.45, 2.75) is 117 Å². The number of carbonyl (C=O) groups is 2. The molecule has 1 atom stereocenters. The van der Waals surface area contributed by atoms with Gasteiger partial charge < -0.3 is 10.2 Å². The van der Waals surface area contributed by atoms with E-state index in [9.17, 15) is 9.59 Å². The smallest absolute Gasteiger partial charge is 0.255 e. The Balaban J connectivity index is 0.00000177. The van der Waals surface area contributed by atoms with E-state index in [1.807, 2.05) is 49.9 Å². The number of benzene rings is 1. The highest BCUT2D eigenvalue weighted by Gasteiger charge is 2.41. The van der Waals surface area contributed by atoms with Gasteiger partial charge in [-0.1, -0.05) is 83.9 Å². The van der Waals surface area contributed by atoms with Crippen LogP contribution in [-0.4, -0.2) is 35.3 Å². The van der Waals surface area contributed by atoms with Crippen LogP contribution in [0, 0.1) is 12.8 Å². The van der Waals surface area contributed by atoms with Crippen molar-refractivity contribution in [3.8, 4) is 0 Å². The van der Waals surface area contributed by atoms with Crippen molar-refractivity contribution in [3.63, 3.8) is 0 Å². The van der Waals surface area contributed by atoms with Crippen molar-refractivity contribution in [2.24, 2.45) is 5.92 Å². The molecule has 1 N–H and O–H groups in total. The molecule has 32 heavy (non-hydrogen) atoms. The maximum atomic E-state index is 13.9. The van der Waals surface area contributed by atoms with Crippen LogP contribution >= 0.6 is 0 Å². The highest BCUT2D eigenvalue weighted by Crippen LogP contribution is 2.34. The van der Waals surface area contributed by atoms with E-state index in [1.165, 1.54) is 25.7 Å². The van der Waals surface area contributed by atoms with Gasteiger partial charge in [-0.3, -0.25) is 9.59 Å². The number of rotatable bonds is 8. The third kappa shape index (κ3) is 7.08. The lowest BCUT2D eigenvalue weighted by atomic mass is 9.80. The molecule has 2 amide bonds. The second kappa shape index (κ2) is 14.3. The molecule has 3 rings (SSSR count). The number of nitrogens with one attached hydrogen (secondary N) is 1. The standard InChI is InChI=1S/C26H40N2O2.C2H6.H2/c1-3-4-19-27-25(29)24(21-14-7-5-8-15-21)28(22-16-9-6-10-17-22)26(30)23-18-12-11-13-20(23)2;1-2;/h11-13,18,21-22,24H,3-10,14-17,19H2,1-2H3,(H,27,29);1-2H3;1H. The SMILES string of the molecule is CC.CCCCNC(=O)C(C1CCCCC1)N(C(=O)c1ccccc1C)C1CCCCC1.[HH]. The molecule has 0 spiro atoms. The lowest BCUT2D eigenvalue weighted by Crippen LogP contribution is -2.58. The molecule has 4 heteroatoms. The molecule has 0 aliphatic heterocycles. The van der Waals surface area contributed by atoms with E-state index >= 15 is 0 Å². The summed E-state index contributed by atoms with van der Waals surface area (Å²) in [5.41, 5.74) is 1.75. The summed E-state index contributed by atoms with van der Waals surface area (Å²) in [7, 11) is 0. The van der Waals surface area contributed by atoms with E-state index < -0.39 is 0 Å². The Labute approximate surface area is 198 Å². The Bertz CT molecular complexity index is 697. The molecule has 1 aromatic carbocycles. The van der Waals surface area contributed by atoms with Gasteiger partial charge in [0.05, 0.1) is 0 Å². The summed E-state index contributed by atoms with van der Waals surface area (Å²) in [6.45, 7) is 8.85. The average molecular weight is 445 g/mol. The fourth-order valence-corrected chi connectivity index (χ4v) is 5.34. The van der Waals surface area contributed by atoms with Gasteiger partial charge in [0.2, 0.25) is 5.91 Å². The minimum atomic E-state index is -0.336. The number of hydrogen-bond donors (Lipinski definition) is 1. The van der Waals surface area contributed by atoms with Crippen molar-refractivity contribution >= 4 is 11.8 Å². The van der Waals surface area contributed by atoms with Crippen LogP contribution in [0.2, 0.25) is 0 Å². The molecule has 0 bridgehead atoms. The van der Waals surface area contributed by atoms with Crippen molar-refractivity contribution in [3.05, 3.63) is 35.4 Å². The van der Waals surface area contributed by atoms with E-state index in [2.05, 4.69) is 12.2 Å². The first-order valence-electron chi connectivity index (χ1n) is 13.3. The van der Waals surface area contributed by atoms with Crippen LogP contribution in [0.1, 0.15) is 115 Å². The Morgan fingerprint density at radius 3 is 2.19 bits per heavy atom. The normalized spacial score (nSPS) is 18.2. The first-order valence-corrected chi connectivity index (χ1v) is 13.3. The van der Waals surface area contributed by atoms with Crippen LogP contribution in [0.4, 0.5) is 0 Å². The monoisotopic (exact) mass is 444 g/mol. The Morgan fingerprint density at radius 2 is 1.59 bits per heavy atom. The van der Waals surface area contributed by atoms with Gasteiger partial charge in [0.25, 0.3) is 5.91 Å². The predicted octanol–water partition coefficient (Wildman–Crippen LogP) is 6.91. The number of amides is 2. The Morgan fingerprint density at radius 1 is 1.00 bits per heavy atom. The zero-order chi connectivity index (χ0) is 23.3. The largest absolute Gasteiger partial charge is 0.354 e. The van der Waals surface area contributed by atoms with Gasteiger partial charge in [0.15, 0.2) is 0 Å². The van der Waals surface area contributed by atoms with Gasteiger partial charge in [0.1, 0.15) is 6.04 Å². The fourth-order valence-electron chi connectivity index (χ4n) is 5.34. The number of hydrogen-bond acceptors (Lipinski definition) is 2. The summed E-state index contributed by atoms with van der Waals surface area (Å²) >= 11 is 0. The second-order valence-corrected chi connectivity index (χ2v) is 9.31. The minimum Gasteiger partial charge on any atom is -0.354 e. The summed E-state index contributed by atoms with van der Waals surface area (Å²) in [5.74, 6) is 0.402. The van der Waals surface area contributed by atoms with Crippen LogP contribution < -0.4 is 5.32 Å². The van der Waals surface area contributed by atoms with Gasteiger partial charge in [-0.05, 0) is 56.6 Å². The van der Waals surface area contributed by atoms with Crippen LogP contribution in [0.25, 0.3) is 0 Å². The van der Waals surface area contributed by atoms with Crippen molar-refractivity contribution in [1.29, 1.82) is 0 Å². The number of unbranched alkanes of at least 4 members (excludes halogenated alkanes) is 1. The third-order valence-electron chi connectivity index (χ3n) is 7.07. The summed E-state index contributed by atoms with van der Waals surface area (Å²) in [4.78, 5) is 29.5. The first-order chi connectivity index (χ1) is 15.6. The van der Waals surface area contributed by atoms with Crippen LogP contribution in [-0.2, 0) is 4.79 Å². The topological polar surface area (TPSA) is 49.4 Å². The molecular formula is C28H48N2O2. The highest BCUT2D eigenvalue weighted by atomic mass is 16.2. The quantitative estimate of drug-likeness (QED) is 0.443. The van der Waals surface area contributed by atoms with Gasteiger partial charge in [-0.15, -0.1) is 0 Å². The maximum absolute atomic E-state index is 13.9. The minimum absolute atomic E-state index is 0. The lowest BCUT2D eigenvalue weighted by molar-refractivity contribution is -0.129. The van der Waals surface area contributed by atoms with E-state index in [-0.39, 0.29) is 31.2 Å². The Kier molecular flexibility index (Phi) is 11.8. The van der Waals surface area contributed by atoms with Gasteiger partial charge in [-0.2, -0.15) is 0 Å². The number of nitrogens with zero attached hydrogens (tertiary/aromatic N) is 1. The number of aryl methyl sites for hydroxylation is 1. The van der Waals surface area contributed by atoms with E-state index in [0.29, 0.717) is 6.54 Å². The average Bonchev–Trinajstić information content (AvgIpc) is 2.85. The third-order valence-corrected chi connectivity index (χ3v) is 7.07. The van der Waals surface area contributed by atoms with Crippen LogP contribution in [0.5, 0.6) is 0 Å². The van der Waals surface area contributed by atoms with Crippen molar-refractivity contribution in [1.82, 2.24) is 10.2 Å². The summed E-state index contributed by atoms with van der Waals surface area (Å²) in [6, 6.07) is 7.69. The van der Waals surface area contributed by atoms with Gasteiger partial charge >= 0.3 is 0 Å². The van der Waals surface area contributed by atoms with E-state index in [4.69, 9.17) is 0 Å². The van der Waals surface area contributed by atoms with Crippen LogP contribution in [0.15, 0.2) is 24.3 Å². The summed E-state index contributed by atoms with van der Waals surface area (Å²) in [5, 5.41) is 3.19. The molecule has 2 saturated carbocycles. The first kappa shape index (κ1) is 26.4. The molecule has 1 aromatic rings. The zero-order valence-corrected chi connectivity index (χ0v) is 21.0. The molecule has 0 heterocycles. The van der Waals surface area contributed by atoms with Crippen molar-refractivity contribution in [2.75, 3.05) is 6.54 Å². The van der Waals surface area contributed by atoms with Crippen LogP contribution in [0.3, 0.4) is 0 Å². The highest BCUT2D eigenvalue weighted by molar-refractivity contribution is 5.99. The fraction of sp³-hybridized carbons (Fsp3) is 0.714. The molecule has 0 aromatic heterocycles. The number of carbonyl (C=O) groups excluding carboxylic acids is 2. The van der Waals surface area contributed by atoms with Gasteiger partial charge in [0, 0.05) is 19.6 Å². The van der Waals surface area contributed by atoms with Crippen molar-refractivity contribution < 1.29 is 11.0 Å². The predicted molar refractivity (Wildman–Crippen MR) is 136 cm³/mol. The molecule has 2 aliphatic carbocycles. The molecule has 182 valence electrons. The Hall–Kier alpha value is -1.84. The van der Waals surface area contributed by atoms with Gasteiger partial charge in [-0.25, -0.2) is 0 Å². The second-order valence-electron chi connectivity index (χ2n) is 9.31. The molecule has 1 unspecified atom stereocenters. The molecule has 4 nitrogen and oxygen atoms in total. The summed E-state index contributed by atoms with van der Waals surface area (Å²) in [6.07, 6.45) is 13.3. The molecule has 2 fully saturated rings. The van der Waals surface area contributed by atoms with E-state index in [0.717, 1.165) is 62.5 Å². The lowest BCUT2D eigenvalue weighted by Gasteiger charge is -2.43.